The van der Waals surface area contributed by atoms with E-state index >= 15 is 0 Å². The first-order valence-corrected chi connectivity index (χ1v) is 12.6. The van der Waals surface area contributed by atoms with Gasteiger partial charge in [-0.15, -0.1) is 0 Å². The van der Waals surface area contributed by atoms with Crippen LogP contribution in [0.1, 0.15) is 50.0 Å². The highest BCUT2D eigenvalue weighted by molar-refractivity contribution is 6.33. The molecule has 0 amide bonds. The quantitative estimate of drug-likeness (QED) is 0.432. The van der Waals surface area contributed by atoms with Gasteiger partial charge in [0.2, 0.25) is 0 Å². The van der Waals surface area contributed by atoms with Crippen LogP contribution in [0, 0.1) is 41.4 Å². The lowest BCUT2D eigenvalue weighted by atomic mass is 9.59. The second kappa shape index (κ2) is 7.75. The molecule has 2 fully saturated rings. The molecule has 0 heterocycles. The van der Waals surface area contributed by atoms with Crippen LogP contribution >= 0.6 is 11.6 Å². The van der Waals surface area contributed by atoms with E-state index < -0.39 is 41.7 Å². The van der Waals surface area contributed by atoms with Crippen LogP contribution in [-0.2, 0) is 9.53 Å². The molecule has 0 radical (unpaired) electrons. The predicted octanol–water partition coefficient (Wildman–Crippen LogP) is 3.64. The number of Topliss-reactive ketones (excluding diaryl/α,β-unsaturated/α-hetero) is 1. The van der Waals surface area contributed by atoms with E-state index in [2.05, 4.69) is 13.8 Å². The molecule has 5 rings (SSSR count). The van der Waals surface area contributed by atoms with Crippen molar-refractivity contribution in [1.29, 1.82) is 0 Å². The van der Waals surface area contributed by atoms with Crippen LogP contribution in [0.3, 0.4) is 0 Å². The highest BCUT2D eigenvalue weighted by atomic mass is 35.5. The van der Waals surface area contributed by atoms with Crippen molar-refractivity contribution in [3.05, 3.63) is 57.6 Å². The van der Waals surface area contributed by atoms with Crippen molar-refractivity contribution in [2.24, 2.45) is 34.5 Å². The topological polar surface area (TPSA) is 104 Å². The fourth-order valence-electron chi connectivity index (χ4n) is 7.65. The minimum atomic E-state index is -2.16. The Balaban J connectivity index is 1.65. The standard InChI is InChI=1S/C28H33ClO6/c1-13-7-6-8-19(29)20(13)25(33)35-24-14(2)11-27-15(3)9-18-21(26(18,4)5)17(23(27)32)10-16(12-30)22(31)28(24,27)34/h6-8,10-11,15,17-18,21-22,24,30-31,34H,9,12H2,1-5H3/t15-,17+,18-,21+,22-,24+,27-,28+/m1/s1. The van der Waals surface area contributed by atoms with Crippen molar-refractivity contribution in [3.8, 4) is 0 Å². The van der Waals surface area contributed by atoms with E-state index in [0.29, 0.717) is 17.6 Å². The molecule has 6 nitrogen and oxygen atoms in total. The van der Waals surface area contributed by atoms with Gasteiger partial charge >= 0.3 is 5.97 Å². The van der Waals surface area contributed by atoms with E-state index in [1.807, 2.05) is 6.92 Å². The molecule has 4 aliphatic rings. The fourth-order valence-corrected chi connectivity index (χ4v) is 7.95. The maximum Gasteiger partial charge on any atom is 0.340 e. The molecule has 0 aromatic heterocycles. The van der Waals surface area contributed by atoms with Gasteiger partial charge < -0.3 is 20.1 Å². The summed E-state index contributed by atoms with van der Waals surface area (Å²) in [5.74, 6) is -1.44. The third kappa shape index (κ3) is 3.00. The van der Waals surface area contributed by atoms with Gasteiger partial charge in [0.05, 0.1) is 22.6 Å². The second-order valence-corrected chi connectivity index (χ2v) is 12.0. The largest absolute Gasteiger partial charge is 0.451 e. The van der Waals surface area contributed by atoms with E-state index in [1.165, 1.54) is 0 Å². The smallest absolute Gasteiger partial charge is 0.340 e. The summed E-state index contributed by atoms with van der Waals surface area (Å²) in [7, 11) is 0. The number of ether oxygens (including phenoxy) is 1. The number of rotatable bonds is 3. The number of ketones is 1. The molecule has 0 aliphatic heterocycles. The Morgan fingerprint density at radius 2 is 1.94 bits per heavy atom. The molecule has 0 unspecified atom stereocenters. The van der Waals surface area contributed by atoms with Crippen molar-refractivity contribution in [3.63, 3.8) is 0 Å². The maximum absolute atomic E-state index is 14.4. The van der Waals surface area contributed by atoms with Crippen LogP contribution in [0.4, 0.5) is 0 Å². The lowest BCUT2D eigenvalue weighted by Crippen LogP contribution is -2.65. The first-order valence-electron chi connectivity index (χ1n) is 12.3. The number of carbonyl (C=O) groups excluding carboxylic acids is 2. The Kier molecular flexibility index (Phi) is 5.47. The van der Waals surface area contributed by atoms with Crippen LogP contribution in [0.5, 0.6) is 0 Å². The first kappa shape index (κ1) is 24.7. The molecule has 188 valence electrons. The van der Waals surface area contributed by atoms with Crippen molar-refractivity contribution >= 4 is 23.4 Å². The maximum atomic E-state index is 14.4. The average Bonchev–Trinajstić information content (AvgIpc) is 3.27. The van der Waals surface area contributed by atoms with Gasteiger partial charge in [-0.05, 0) is 66.2 Å². The fraction of sp³-hybridized carbons (Fsp3) is 0.571. The Bertz CT molecular complexity index is 1160. The average molecular weight is 501 g/mol. The Hall–Kier alpha value is -1.99. The van der Waals surface area contributed by atoms with Crippen LogP contribution < -0.4 is 0 Å². The number of hydrogen-bond acceptors (Lipinski definition) is 6. The van der Waals surface area contributed by atoms with Crippen LogP contribution in [0.15, 0.2) is 41.5 Å². The SMILES string of the molecule is CC1=C[C@@]23C(=O)[C@@H](C=C(CO)[C@@H](O)[C@]2(O)[C@H]1OC(=O)c1c(C)cccc1Cl)[C@H]1[C@@H](C[C@H]3C)C1(C)C. The summed E-state index contributed by atoms with van der Waals surface area (Å²) in [5.41, 5.74) is -2.21. The zero-order valence-corrected chi connectivity index (χ0v) is 21.5. The molecule has 1 aromatic rings. The summed E-state index contributed by atoms with van der Waals surface area (Å²) in [4.78, 5) is 27.7. The van der Waals surface area contributed by atoms with Crippen molar-refractivity contribution in [2.75, 3.05) is 6.61 Å². The van der Waals surface area contributed by atoms with Gasteiger partial charge in [-0.3, -0.25) is 4.79 Å². The minimum Gasteiger partial charge on any atom is -0.451 e. The van der Waals surface area contributed by atoms with Gasteiger partial charge in [-0.1, -0.05) is 56.7 Å². The van der Waals surface area contributed by atoms with Crippen molar-refractivity contribution < 1.29 is 29.6 Å². The molecular formula is C28H33ClO6. The summed E-state index contributed by atoms with van der Waals surface area (Å²) in [6.45, 7) is 9.15. The van der Waals surface area contributed by atoms with Gasteiger partial charge in [0.25, 0.3) is 0 Å². The third-order valence-electron chi connectivity index (χ3n) is 9.55. The molecule has 35 heavy (non-hydrogen) atoms. The highest BCUT2D eigenvalue weighted by Gasteiger charge is 2.76. The molecule has 8 atom stereocenters. The molecule has 3 N–H and O–H groups in total. The number of hydrogen-bond donors (Lipinski definition) is 3. The summed E-state index contributed by atoms with van der Waals surface area (Å²) < 4.78 is 5.90. The number of aryl methyl sites for hydroxylation is 1. The number of carbonyl (C=O) groups is 2. The lowest BCUT2D eigenvalue weighted by Gasteiger charge is -2.48. The van der Waals surface area contributed by atoms with Crippen LogP contribution in [0.2, 0.25) is 5.02 Å². The molecule has 2 bridgehead atoms. The number of benzene rings is 1. The monoisotopic (exact) mass is 500 g/mol. The number of aliphatic hydroxyl groups is 3. The van der Waals surface area contributed by atoms with E-state index in [9.17, 15) is 24.9 Å². The number of halogens is 1. The summed E-state index contributed by atoms with van der Waals surface area (Å²) >= 11 is 6.29. The van der Waals surface area contributed by atoms with E-state index in [1.54, 1.807) is 44.2 Å². The lowest BCUT2D eigenvalue weighted by molar-refractivity contribution is -0.190. The van der Waals surface area contributed by atoms with Gasteiger partial charge in [0.15, 0.2) is 17.5 Å². The van der Waals surface area contributed by atoms with Gasteiger partial charge in [0.1, 0.15) is 6.10 Å². The van der Waals surface area contributed by atoms with Gasteiger partial charge in [-0.25, -0.2) is 4.79 Å². The first-order chi connectivity index (χ1) is 16.3. The van der Waals surface area contributed by atoms with Gasteiger partial charge in [-0.2, -0.15) is 0 Å². The number of allylic oxidation sites excluding steroid dienone is 1. The highest BCUT2D eigenvalue weighted by Crippen LogP contribution is 2.71. The van der Waals surface area contributed by atoms with Crippen molar-refractivity contribution in [2.45, 2.75) is 58.8 Å². The molecular weight excluding hydrogens is 468 g/mol. The van der Waals surface area contributed by atoms with Crippen molar-refractivity contribution in [1.82, 2.24) is 0 Å². The molecule has 7 heteroatoms. The molecule has 4 aliphatic carbocycles. The number of aliphatic hydroxyl groups excluding tert-OH is 2. The predicted molar refractivity (Wildman–Crippen MR) is 131 cm³/mol. The normalized spacial score (nSPS) is 41.1. The van der Waals surface area contributed by atoms with Gasteiger partial charge in [0, 0.05) is 5.92 Å². The third-order valence-corrected chi connectivity index (χ3v) is 9.86. The molecule has 2 saturated carbocycles. The Morgan fingerprint density at radius 1 is 1.26 bits per heavy atom. The Labute approximate surface area is 210 Å². The number of esters is 1. The zero-order chi connectivity index (χ0) is 25.7. The number of fused-ring (bicyclic) bond motifs is 3. The van der Waals surface area contributed by atoms with Crippen LogP contribution in [0.25, 0.3) is 0 Å². The summed E-state index contributed by atoms with van der Waals surface area (Å²) in [6.07, 6.45) is 1.20. The van der Waals surface area contributed by atoms with E-state index in [-0.39, 0.29) is 45.1 Å². The second-order valence-electron chi connectivity index (χ2n) is 11.6. The van der Waals surface area contributed by atoms with Crippen LogP contribution in [-0.4, -0.2) is 51.5 Å². The summed E-state index contributed by atoms with van der Waals surface area (Å²) in [6, 6.07) is 5.05. The summed E-state index contributed by atoms with van der Waals surface area (Å²) in [5, 5.41) is 34.4. The van der Waals surface area contributed by atoms with E-state index in [0.717, 1.165) is 0 Å². The molecule has 1 spiro atoms. The van der Waals surface area contributed by atoms with E-state index in [4.69, 9.17) is 16.3 Å². The zero-order valence-electron chi connectivity index (χ0n) is 20.7. The Morgan fingerprint density at radius 3 is 2.57 bits per heavy atom. The molecule has 0 saturated heterocycles. The molecule has 1 aromatic carbocycles. The minimum absolute atomic E-state index is 0.0501.